The molecule has 0 spiro atoms. The van der Waals surface area contributed by atoms with E-state index in [2.05, 4.69) is 22.0 Å². The minimum Gasteiger partial charge on any atom is -0.399 e. The smallest absolute Gasteiger partial charge is 0.0628 e. The van der Waals surface area contributed by atoms with Crippen molar-refractivity contribution in [2.75, 3.05) is 5.73 Å². The summed E-state index contributed by atoms with van der Waals surface area (Å²) in [5.74, 6) is 0.250. The molecule has 1 unspecified atom stereocenters. The van der Waals surface area contributed by atoms with E-state index in [1.54, 1.807) is 0 Å². The van der Waals surface area contributed by atoms with Gasteiger partial charge in [-0.3, -0.25) is 0 Å². The highest BCUT2D eigenvalue weighted by molar-refractivity contribution is 9.10. The summed E-state index contributed by atoms with van der Waals surface area (Å²) < 4.78 is 0.982. The zero-order valence-electron chi connectivity index (χ0n) is 7.42. The summed E-state index contributed by atoms with van der Waals surface area (Å²) in [6.07, 6.45) is 0.530. The van der Waals surface area contributed by atoms with E-state index in [4.69, 9.17) is 11.0 Å². The molecule has 0 amide bonds. The van der Waals surface area contributed by atoms with E-state index < -0.39 is 0 Å². The number of nitrogens with two attached hydrogens (primary N) is 1. The molecule has 0 bridgehead atoms. The molecular weight excluding hydrogens is 228 g/mol. The lowest BCUT2D eigenvalue weighted by atomic mass is 9.98. The van der Waals surface area contributed by atoms with Gasteiger partial charge in [-0.15, -0.1) is 0 Å². The van der Waals surface area contributed by atoms with Gasteiger partial charge in [-0.25, -0.2) is 0 Å². The van der Waals surface area contributed by atoms with Crippen molar-refractivity contribution in [3.8, 4) is 6.07 Å². The van der Waals surface area contributed by atoms with Crippen LogP contribution in [0.1, 0.15) is 24.8 Å². The Labute approximate surface area is 86.5 Å². The average Bonchev–Trinajstić information content (AvgIpc) is 2.04. The molecule has 0 radical (unpaired) electrons. The van der Waals surface area contributed by atoms with Gasteiger partial charge in [0, 0.05) is 16.6 Å². The number of anilines is 1. The second kappa shape index (κ2) is 4.29. The Hall–Kier alpha value is -1.01. The summed E-state index contributed by atoms with van der Waals surface area (Å²) in [7, 11) is 0. The maximum Gasteiger partial charge on any atom is 0.0628 e. The molecule has 0 aliphatic rings. The lowest BCUT2D eigenvalue weighted by Crippen LogP contribution is -1.94. The van der Waals surface area contributed by atoms with Gasteiger partial charge in [0.25, 0.3) is 0 Å². The summed E-state index contributed by atoms with van der Waals surface area (Å²) in [5, 5.41) is 8.55. The lowest BCUT2D eigenvalue weighted by Gasteiger charge is -2.10. The Morgan fingerprint density at radius 2 is 2.31 bits per heavy atom. The molecule has 1 aromatic carbocycles. The summed E-state index contributed by atoms with van der Waals surface area (Å²) in [5.41, 5.74) is 7.48. The molecule has 0 saturated carbocycles. The quantitative estimate of drug-likeness (QED) is 0.806. The third-order valence-electron chi connectivity index (χ3n) is 1.95. The van der Waals surface area contributed by atoms with Crippen LogP contribution in [0.15, 0.2) is 22.7 Å². The first-order valence-corrected chi connectivity index (χ1v) is 4.86. The van der Waals surface area contributed by atoms with E-state index in [9.17, 15) is 0 Å². The number of nitriles is 1. The van der Waals surface area contributed by atoms with Crippen molar-refractivity contribution in [2.45, 2.75) is 19.3 Å². The lowest BCUT2D eigenvalue weighted by molar-refractivity contribution is 0.785. The molecular formula is C10H11BrN2. The van der Waals surface area contributed by atoms with E-state index in [1.807, 2.05) is 25.1 Å². The van der Waals surface area contributed by atoms with Crippen LogP contribution in [0.2, 0.25) is 0 Å². The fraction of sp³-hybridized carbons (Fsp3) is 0.300. The minimum atomic E-state index is 0.250. The van der Waals surface area contributed by atoms with Gasteiger partial charge in [-0.2, -0.15) is 5.26 Å². The van der Waals surface area contributed by atoms with Gasteiger partial charge >= 0.3 is 0 Å². The Balaban J connectivity index is 2.96. The number of rotatable bonds is 2. The Bertz CT molecular complexity index is 341. The Morgan fingerprint density at radius 3 is 2.85 bits per heavy atom. The Morgan fingerprint density at radius 1 is 1.62 bits per heavy atom. The third kappa shape index (κ3) is 2.46. The van der Waals surface area contributed by atoms with E-state index >= 15 is 0 Å². The monoisotopic (exact) mass is 238 g/mol. The van der Waals surface area contributed by atoms with Crippen molar-refractivity contribution in [2.24, 2.45) is 0 Å². The highest BCUT2D eigenvalue weighted by Crippen LogP contribution is 2.28. The predicted molar refractivity (Wildman–Crippen MR) is 57.2 cm³/mol. The summed E-state index contributed by atoms with van der Waals surface area (Å²) in [6, 6.07) is 7.83. The maximum atomic E-state index is 8.55. The third-order valence-corrected chi connectivity index (χ3v) is 2.64. The van der Waals surface area contributed by atoms with Gasteiger partial charge < -0.3 is 5.73 Å². The largest absolute Gasteiger partial charge is 0.399 e. The van der Waals surface area contributed by atoms with Gasteiger partial charge in [0.2, 0.25) is 0 Å². The molecule has 2 N–H and O–H groups in total. The number of hydrogen-bond acceptors (Lipinski definition) is 2. The van der Waals surface area contributed by atoms with Crippen LogP contribution in [-0.2, 0) is 0 Å². The maximum absolute atomic E-state index is 8.55. The van der Waals surface area contributed by atoms with Crippen molar-refractivity contribution in [1.29, 1.82) is 5.26 Å². The normalized spacial score (nSPS) is 12.1. The van der Waals surface area contributed by atoms with Crippen LogP contribution in [0, 0.1) is 11.3 Å². The van der Waals surface area contributed by atoms with E-state index in [0.717, 1.165) is 15.7 Å². The first kappa shape index (κ1) is 10.1. The number of benzene rings is 1. The zero-order chi connectivity index (χ0) is 9.84. The standard InChI is InChI=1S/C10H11BrN2/c1-7(4-5-12)9-3-2-8(13)6-10(9)11/h2-3,6-7H,4,13H2,1H3. The number of nitrogen functional groups attached to an aromatic ring is 1. The summed E-state index contributed by atoms with van der Waals surface area (Å²) >= 11 is 3.43. The molecule has 0 saturated heterocycles. The van der Waals surface area contributed by atoms with E-state index in [-0.39, 0.29) is 5.92 Å². The van der Waals surface area contributed by atoms with Crippen molar-refractivity contribution >= 4 is 21.6 Å². The molecule has 1 aromatic rings. The summed E-state index contributed by atoms with van der Waals surface area (Å²) in [4.78, 5) is 0. The predicted octanol–water partition coefficient (Wildman–Crippen LogP) is 3.05. The zero-order valence-corrected chi connectivity index (χ0v) is 9.01. The van der Waals surface area contributed by atoms with Crippen LogP contribution < -0.4 is 5.73 Å². The van der Waals surface area contributed by atoms with Crippen molar-refractivity contribution in [3.63, 3.8) is 0 Å². The SMILES string of the molecule is CC(CC#N)c1ccc(N)cc1Br. The van der Waals surface area contributed by atoms with Crippen LogP contribution in [0.3, 0.4) is 0 Å². The van der Waals surface area contributed by atoms with Crippen molar-refractivity contribution in [1.82, 2.24) is 0 Å². The van der Waals surface area contributed by atoms with Gasteiger partial charge in [0.05, 0.1) is 6.07 Å². The molecule has 0 fully saturated rings. The molecule has 0 heterocycles. The second-order valence-corrected chi connectivity index (χ2v) is 3.90. The molecule has 68 valence electrons. The molecule has 0 aliphatic carbocycles. The summed E-state index contributed by atoms with van der Waals surface area (Å²) in [6.45, 7) is 2.03. The highest BCUT2D eigenvalue weighted by Gasteiger charge is 2.08. The van der Waals surface area contributed by atoms with Crippen LogP contribution >= 0.6 is 15.9 Å². The molecule has 1 atom stereocenters. The highest BCUT2D eigenvalue weighted by atomic mass is 79.9. The van der Waals surface area contributed by atoms with E-state index in [0.29, 0.717) is 6.42 Å². The Kier molecular flexibility index (Phi) is 3.32. The molecule has 13 heavy (non-hydrogen) atoms. The van der Waals surface area contributed by atoms with Crippen LogP contribution in [0.25, 0.3) is 0 Å². The topological polar surface area (TPSA) is 49.8 Å². The molecule has 0 aromatic heterocycles. The number of hydrogen-bond donors (Lipinski definition) is 1. The molecule has 0 aliphatic heterocycles. The first-order chi connectivity index (χ1) is 6.15. The van der Waals surface area contributed by atoms with Gasteiger partial charge in [-0.1, -0.05) is 28.9 Å². The van der Waals surface area contributed by atoms with Crippen LogP contribution in [0.4, 0.5) is 5.69 Å². The van der Waals surface area contributed by atoms with Crippen LogP contribution in [-0.4, -0.2) is 0 Å². The van der Waals surface area contributed by atoms with Crippen molar-refractivity contribution < 1.29 is 0 Å². The van der Waals surface area contributed by atoms with Gasteiger partial charge in [0.1, 0.15) is 0 Å². The fourth-order valence-corrected chi connectivity index (χ4v) is 1.98. The van der Waals surface area contributed by atoms with Gasteiger partial charge in [0.15, 0.2) is 0 Å². The van der Waals surface area contributed by atoms with Gasteiger partial charge in [-0.05, 0) is 23.6 Å². The second-order valence-electron chi connectivity index (χ2n) is 3.04. The minimum absolute atomic E-state index is 0.250. The van der Waals surface area contributed by atoms with E-state index in [1.165, 1.54) is 0 Å². The number of halogens is 1. The first-order valence-electron chi connectivity index (χ1n) is 4.07. The molecule has 2 nitrogen and oxygen atoms in total. The molecule has 1 rings (SSSR count). The average molecular weight is 239 g/mol. The van der Waals surface area contributed by atoms with Crippen LogP contribution in [0.5, 0.6) is 0 Å². The van der Waals surface area contributed by atoms with Crippen molar-refractivity contribution in [3.05, 3.63) is 28.2 Å². The molecule has 3 heteroatoms. The number of nitrogens with zero attached hydrogens (tertiary/aromatic N) is 1. The fourth-order valence-electron chi connectivity index (χ4n) is 1.19.